The Morgan fingerprint density at radius 3 is 2.38 bits per heavy atom. The van der Waals surface area contributed by atoms with Crippen molar-refractivity contribution in [2.75, 3.05) is 11.1 Å². The van der Waals surface area contributed by atoms with Gasteiger partial charge in [-0.15, -0.1) is 11.8 Å². The number of thioether (sulfide) groups is 1. The predicted molar refractivity (Wildman–Crippen MR) is 97.8 cm³/mol. The van der Waals surface area contributed by atoms with Crippen molar-refractivity contribution in [1.82, 2.24) is 4.90 Å². The molecular weight excluding hydrogens is 320 g/mol. The molecule has 0 saturated carbocycles. The van der Waals surface area contributed by atoms with E-state index in [0.29, 0.717) is 5.75 Å². The van der Waals surface area contributed by atoms with Crippen molar-refractivity contribution in [3.8, 4) is 0 Å². The van der Waals surface area contributed by atoms with Crippen LogP contribution in [0, 0.1) is 6.92 Å². The molecule has 1 saturated heterocycles. The molecule has 124 valence electrons. The van der Waals surface area contributed by atoms with Gasteiger partial charge in [-0.3, -0.25) is 9.59 Å². The van der Waals surface area contributed by atoms with E-state index in [9.17, 15) is 9.59 Å². The zero-order chi connectivity index (χ0) is 17.1. The summed E-state index contributed by atoms with van der Waals surface area (Å²) in [6.07, 6.45) is 0. The maximum Gasteiger partial charge on any atom is 0.248 e. The van der Waals surface area contributed by atoms with Gasteiger partial charge in [-0.05, 0) is 24.6 Å². The predicted octanol–water partition coefficient (Wildman–Crippen LogP) is 3.60. The smallest absolute Gasteiger partial charge is 0.248 e. The van der Waals surface area contributed by atoms with E-state index in [1.54, 1.807) is 16.7 Å². The van der Waals surface area contributed by atoms with E-state index in [0.717, 1.165) is 16.8 Å². The number of carbonyl (C=O) groups is 2. The van der Waals surface area contributed by atoms with Crippen LogP contribution in [-0.2, 0) is 9.59 Å². The van der Waals surface area contributed by atoms with Crippen LogP contribution in [0.15, 0.2) is 54.6 Å². The summed E-state index contributed by atoms with van der Waals surface area (Å²) in [5.74, 6) is 0.370. The van der Waals surface area contributed by atoms with Gasteiger partial charge in [0.15, 0.2) is 0 Å². The van der Waals surface area contributed by atoms with Gasteiger partial charge in [0.1, 0.15) is 11.4 Å². The molecule has 3 rings (SSSR count). The summed E-state index contributed by atoms with van der Waals surface area (Å²) < 4.78 is 0. The third kappa shape index (κ3) is 3.46. The van der Waals surface area contributed by atoms with Gasteiger partial charge < -0.3 is 10.2 Å². The molecule has 0 aliphatic carbocycles. The first kappa shape index (κ1) is 16.6. The molecule has 5 heteroatoms. The van der Waals surface area contributed by atoms with Gasteiger partial charge >= 0.3 is 0 Å². The monoisotopic (exact) mass is 340 g/mol. The second kappa shape index (κ2) is 7.09. The standard InChI is InChI=1S/C19H20N2O2S/c1-13-8-10-16(11-9-13)20-18(23)17-12-24-19(21(17)14(2)22)15-6-4-3-5-7-15/h3-11,17,19H,12H2,1-2H3,(H,20,23)/t17-,19-/m1/s1. The van der Waals surface area contributed by atoms with E-state index in [2.05, 4.69) is 5.32 Å². The van der Waals surface area contributed by atoms with Gasteiger partial charge in [-0.2, -0.15) is 0 Å². The third-order valence-corrected chi connectivity index (χ3v) is 5.39. The fourth-order valence-electron chi connectivity index (χ4n) is 2.83. The molecule has 2 amide bonds. The minimum Gasteiger partial charge on any atom is -0.324 e. The van der Waals surface area contributed by atoms with Crippen LogP contribution in [0.3, 0.4) is 0 Å². The molecule has 1 fully saturated rings. The number of nitrogens with zero attached hydrogens (tertiary/aromatic N) is 1. The number of hydrogen-bond acceptors (Lipinski definition) is 3. The molecule has 4 nitrogen and oxygen atoms in total. The maximum absolute atomic E-state index is 12.7. The molecule has 0 bridgehead atoms. The maximum atomic E-state index is 12.7. The lowest BCUT2D eigenvalue weighted by Gasteiger charge is -2.27. The number of carbonyl (C=O) groups excluding carboxylic acids is 2. The first-order valence-electron chi connectivity index (χ1n) is 7.89. The van der Waals surface area contributed by atoms with Crippen molar-refractivity contribution >= 4 is 29.3 Å². The molecule has 2 atom stereocenters. The van der Waals surface area contributed by atoms with Gasteiger partial charge in [0.05, 0.1) is 0 Å². The average molecular weight is 340 g/mol. The summed E-state index contributed by atoms with van der Waals surface area (Å²) in [7, 11) is 0. The summed E-state index contributed by atoms with van der Waals surface area (Å²) in [5.41, 5.74) is 2.93. The number of hydrogen-bond donors (Lipinski definition) is 1. The molecule has 1 aliphatic rings. The zero-order valence-electron chi connectivity index (χ0n) is 13.7. The number of benzene rings is 2. The zero-order valence-corrected chi connectivity index (χ0v) is 14.5. The largest absolute Gasteiger partial charge is 0.324 e. The van der Waals surface area contributed by atoms with Crippen LogP contribution >= 0.6 is 11.8 Å². The van der Waals surface area contributed by atoms with Crippen LogP contribution in [0.25, 0.3) is 0 Å². The van der Waals surface area contributed by atoms with Gasteiger partial charge in [-0.25, -0.2) is 0 Å². The Kier molecular flexibility index (Phi) is 4.90. The molecule has 2 aromatic carbocycles. The van der Waals surface area contributed by atoms with Crippen LogP contribution in [0.5, 0.6) is 0 Å². The topological polar surface area (TPSA) is 49.4 Å². The molecule has 0 aromatic heterocycles. The Morgan fingerprint density at radius 1 is 1.08 bits per heavy atom. The molecule has 1 N–H and O–H groups in total. The molecule has 1 aliphatic heterocycles. The Morgan fingerprint density at radius 2 is 1.75 bits per heavy atom. The van der Waals surface area contributed by atoms with Crippen molar-refractivity contribution in [2.24, 2.45) is 0 Å². The highest BCUT2D eigenvalue weighted by molar-refractivity contribution is 7.99. The Labute approximate surface area is 146 Å². The van der Waals surface area contributed by atoms with Crippen LogP contribution in [0.4, 0.5) is 5.69 Å². The second-order valence-corrected chi connectivity index (χ2v) is 7.01. The lowest BCUT2D eigenvalue weighted by molar-refractivity contribution is -0.136. The van der Waals surface area contributed by atoms with Gasteiger partial charge in [0.2, 0.25) is 11.8 Å². The van der Waals surface area contributed by atoms with E-state index < -0.39 is 6.04 Å². The van der Waals surface area contributed by atoms with E-state index >= 15 is 0 Å². The lowest BCUT2D eigenvalue weighted by atomic mass is 10.1. The first-order chi connectivity index (χ1) is 11.6. The van der Waals surface area contributed by atoms with Crippen molar-refractivity contribution in [3.05, 3.63) is 65.7 Å². The van der Waals surface area contributed by atoms with Crippen molar-refractivity contribution in [3.63, 3.8) is 0 Å². The fraction of sp³-hybridized carbons (Fsp3) is 0.263. The normalized spacial score (nSPS) is 20.0. The highest BCUT2D eigenvalue weighted by Crippen LogP contribution is 2.41. The van der Waals surface area contributed by atoms with E-state index in [1.165, 1.54) is 6.92 Å². The lowest BCUT2D eigenvalue weighted by Crippen LogP contribution is -2.44. The number of nitrogens with one attached hydrogen (secondary N) is 1. The van der Waals surface area contributed by atoms with Crippen LogP contribution < -0.4 is 5.32 Å². The van der Waals surface area contributed by atoms with E-state index in [1.807, 2.05) is 61.5 Å². The summed E-state index contributed by atoms with van der Waals surface area (Å²) in [5, 5.41) is 2.81. The van der Waals surface area contributed by atoms with Crippen LogP contribution in [0.1, 0.15) is 23.4 Å². The SMILES string of the molecule is CC(=O)N1[C@@H](C(=O)Nc2ccc(C)cc2)CS[C@@H]1c1ccccc1. The minimum absolute atomic E-state index is 0.0853. The summed E-state index contributed by atoms with van der Waals surface area (Å²) >= 11 is 1.63. The molecular formula is C19H20N2O2S. The Balaban J connectivity index is 1.78. The highest BCUT2D eigenvalue weighted by Gasteiger charge is 2.40. The molecule has 0 spiro atoms. The summed E-state index contributed by atoms with van der Waals surface area (Å²) in [4.78, 5) is 26.5. The number of aryl methyl sites for hydroxylation is 1. The Hall–Kier alpha value is -2.27. The average Bonchev–Trinajstić information content (AvgIpc) is 3.03. The number of rotatable bonds is 3. The molecule has 24 heavy (non-hydrogen) atoms. The third-order valence-electron chi connectivity index (χ3n) is 4.07. The second-order valence-electron chi connectivity index (χ2n) is 5.89. The summed E-state index contributed by atoms with van der Waals surface area (Å²) in [6, 6.07) is 17.0. The van der Waals surface area contributed by atoms with Crippen molar-refractivity contribution < 1.29 is 9.59 Å². The molecule has 2 aromatic rings. The number of amides is 2. The molecule has 0 unspecified atom stereocenters. The fourth-order valence-corrected chi connectivity index (χ4v) is 4.31. The van der Waals surface area contributed by atoms with Crippen LogP contribution in [0.2, 0.25) is 0 Å². The molecule has 0 radical (unpaired) electrons. The van der Waals surface area contributed by atoms with E-state index in [-0.39, 0.29) is 17.2 Å². The first-order valence-corrected chi connectivity index (χ1v) is 8.94. The minimum atomic E-state index is -0.459. The number of anilines is 1. The van der Waals surface area contributed by atoms with Gasteiger partial charge in [-0.1, -0.05) is 48.0 Å². The quantitative estimate of drug-likeness (QED) is 0.929. The summed E-state index contributed by atoms with van der Waals surface area (Å²) in [6.45, 7) is 3.52. The van der Waals surface area contributed by atoms with Crippen molar-refractivity contribution in [2.45, 2.75) is 25.3 Å². The Bertz CT molecular complexity index is 731. The van der Waals surface area contributed by atoms with Gasteiger partial charge in [0, 0.05) is 18.4 Å². The molecule has 1 heterocycles. The van der Waals surface area contributed by atoms with Gasteiger partial charge in [0.25, 0.3) is 0 Å². The van der Waals surface area contributed by atoms with Crippen molar-refractivity contribution in [1.29, 1.82) is 0 Å². The van der Waals surface area contributed by atoms with E-state index in [4.69, 9.17) is 0 Å². The van der Waals surface area contributed by atoms with Crippen LogP contribution in [-0.4, -0.2) is 28.5 Å². The highest BCUT2D eigenvalue weighted by atomic mass is 32.2.